The average molecular weight is 336 g/mol. The molecular formula is C9H5BrCl2N4O. The monoisotopic (exact) mass is 334 g/mol. The molecule has 0 spiro atoms. The number of hydrogen-bond donors (Lipinski definition) is 1. The molecule has 1 heterocycles. The molecule has 0 unspecified atom stereocenters. The van der Waals surface area contributed by atoms with E-state index in [1.54, 1.807) is 18.2 Å². The van der Waals surface area contributed by atoms with Crippen molar-refractivity contribution in [3.05, 3.63) is 33.0 Å². The van der Waals surface area contributed by atoms with Gasteiger partial charge in [-0.15, -0.1) is 0 Å². The maximum atomic E-state index is 5.94. The summed E-state index contributed by atoms with van der Waals surface area (Å²) in [4.78, 5) is 11.2. The standard InChI is InChI=1S/C9H5BrCl2N4O/c10-4-1-2-5(11)6(3-4)17-9-15-7(12)14-8(13)16-9/h1-3H,(H2,13,14,15,16). The summed E-state index contributed by atoms with van der Waals surface area (Å²) in [6.45, 7) is 0. The third kappa shape index (κ3) is 3.18. The number of anilines is 1. The maximum Gasteiger partial charge on any atom is 0.328 e. The molecule has 88 valence electrons. The van der Waals surface area contributed by atoms with Crippen LogP contribution in [0.15, 0.2) is 22.7 Å². The van der Waals surface area contributed by atoms with Crippen molar-refractivity contribution in [3.63, 3.8) is 0 Å². The molecule has 0 atom stereocenters. The number of rotatable bonds is 2. The van der Waals surface area contributed by atoms with Gasteiger partial charge in [0.2, 0.25) is 11.2 Å². The summed E-state index contributed by atoms with van der Waals surface area (Å²) in [5.41, 5.74) is 5.41. The van der Waals surface area contributed by atoms with Crippen molar-refractivity contribution in [2.24, 2.45) is 0 Å². The van der Waals surface area contributed by atoms with Gasteiger partial charge in [-0.25, -0.2) is 0 Å². The van der Waals surface area contributed by atoms with Gasteiger partial charge in [-0.05, 0) is 29.8 Å². The lowest BCUT2D eigenvalue weighted by Crippen LogP contribution is -2.00. The minimum atomic E-state index is -0.0429. The smallest absolute Gasteiger partial charge is 0.328 e. The minimum absolute atomic E-state index is 0.0116. The van der Waals surface area contributed by atoms with Crippen molar-refractivity contribution in [2.75, 3.05) is 5.73 Å². The van der Waals surface area contributed by atoms with Gasteiger partial charge in [0.25, 0.3) is 0 Å². The van der Waals surface area contributed by atoms with Crippen molar-refractivity contribution >= 4 is 45.1 Å². The van der Waals surface area contributed by atoms with Crippen LogP contribution in [0.3, 0.4) is 0 Å². The van der Waals surface area contributed by atoms with Gasteiger partial charge in [0, 0.05) is 4.47 Å². The van der Waals surface area contributed by atoms with Crippen LogP contribution < -0.4 is 10.5 Å². The molecule has 0 aliphatic carbocycles. The fraction of sp³-hybridized carbons (Fsp3) is 0. The van der Waals surface area contributed by atoms with Crippen LogP contribution in [-0.4, -0.2) is 15.0 Å². The second kappa shape index (κ2) is 5.03. The average Bonchev–Trinajstić information content (AvgIpc) is 2.22. The molecule has 2 rings (SSSR count). The lowest BCUT2D eigenvalue weighted by atomic mass is 10.3. The summed E-state index contributed by atoms with van der Waals surface area (Å²) >= 11 is 14.9. The zero-order valence-electron chi connectivity index (χ0n) is 8.19. The molecule has 0 saturated carbocycles. The Morgan fingerprint density at radius 3 is 2.65 bits per heavy atom. The first-order valence-electron chi connectivity index (χ1n) is 4.34. The SMILES string of the molecule is Nc1nc(Cl)nc(Oc2cc(Br)ccc2Cl)n1. The quantitative estimate of drug-likeness (QED) is 0.911. The molecule has 1 aromatic carbocycles. The predicted molar refractivity (Wildman–Crippen MR) is 68.5 cm³/mol. The van der Waals surface area contributed by atoms with Gasteiger partial charge in [-0.1, -0.05) is 27.5 Å². The number of aromatic nitrogens is 3. The summed E-state index contributed by atoms with van der Waals surface area (Å²) in [5, 5.41) is 0.377. The van der Waals surface area contributed by atoms with Crippen LogP contribution in [0.25, 0.3) is 0 Å². The Hall–Kier alpha value is -1.11. The van der Waals surface area contributed by atoms with Gasteiger partial charge in [-0.3, -0.25) is 0 Å². The number of benzene rings is 1. The van der Waals surface area contributed by atoms with Crippen molar-refractivity contribution < 1.29 is 4.74 Å². The molecule has 5 nitrogen and oxygen atoms in total. The van der Waals surface area contributed by atoms with Gasteiger partial charge >= 0.3 is 6.01 Å². The van der Waals surface area contributed by atoms with E-state index >= 15 is 0 Å². The van der Waals surface area contributed by atoms with Crippen LogP contribution in [-0.2, 0) is 0 Å². The largest absolute Gasteiger partial charge is 0.423 e. The van der Waals surface area contributed by atoms with Crippen LogP contribution in [0.2, 0.25) is 10.3 Å². The summed E-state index contributed by atoms with van der Waals surface area (Å²) in [5.74, 6) is 0.369. The van der Waals surface area contributed by atoms with E-state index < -0.39 is 0 Å². The van der Waals surface area contributed by atoms with Crippen LogP contribution in [0.5, 0.6) is 11.8 Å². The van der Waals surface area contributed by atoms with Crippen LogP contribution in [0.1, 0.15) is 0 Å². The molecule has 0 aliphatic rings. The van der Waals surface area contributed by atoms with E-state index in [2.05, 4.69) is 30.9 Å². The van der Waals surface area contributed by atoms with Crippen molar-refractivity contribution in [1.29, 1.82) is 0 Å². The van der Waals surface area contributed by atoms with Crippen LogP contribution in [0, 0.1) is 0 Å². The van der Waals surface area contributed by atoms with E-state index in [0.717, 1.165) is 4.47 Å². The lowest BCUT2D eigenvalue weighted by molar-refractivity contribution is 0.440. The lowest BCUT2D eigenvalue weighted by Gasteiger charge is -2.06. The Labute approximate surface area is 115 Å². The van der Waals surface area contributed by atoms with Gasteiger partial charge < -0.3 is 10.5 Å². The first kappa shape index (κ1) is 12.3. The molecule has 0 radical (unpaired) electrons. The first-order valence-corrected chi connectivity index (χ1v) is 5.89. The number of ether oxygens (including phenoxy) is 1. The zero-order valence-corrected chi connectivity index (χ0v) is 11.3. The van der Waals surface area contributed by atoms with Gasteiger partial charge in [-0.2, -0.15) is 15.0 Å². The first-order chi connectivity index (χ1) is 8.04. The topological polar surface area (TPSA) is 73.9 Å². The third-order valence-corrected chi connectivity index (χ3v) is 2.67. The molecule has 0 amide bonds. The summed E-state index contributed by atoms with van der Waals surface area (Å²) in [6, 6.07) is 5.12. The third-order valence-electron chi connectivity index (χ3n) is 1.70. The molecule has 2 N–H and O–H groups in total. The maximum absolute atomic E-state index is 5.94. The highest BCUT2D eigenvalue weighted by Gasteiger charge is 2.08. The predicted octanol–water partition coefficient (Wildman–Crippen LogP) is 3.32. The Morgan fingerprint density at radius 2 is 1.94 bits per heavy atom. The number of nitrogens with zero attached hydrogens (tertiary/aromatic N) is 3. The second-order valence-corrected chi connectivity index (χ2v) is 4.58. The fourth-order valence-electron chi connectivity index (χ4n) is 1.05. The highest BCUT2D eigenvalue weighted by atomic mass is 79.9. The van der Waals surface area contributed by atoms with Gasteiger partial charge in [0.15, 0.2) is 5.75 Å². The Kier molecular flexibility index (Phi) is 3.66. The molecule has 0 saturated heterocycles. The van der Waals surface area contributed by atoms with Crippen molar-refractivity contribution in [1.82, 2.24) is 15.0 Å². The Morgan fingerprint density at radius 1 is 1.18 bits per heavy atom. The minimum Gasteiger partial charge on any atom is -0.423 e. The molecule has 0 bridgehead atoms. The molecule has 17 heavy (non-hydrogen) atoms. The summed E-state index contributed by atoms with van der Waals surface area (Å²) < 4.78 is 6.17. The number of nitrogens with two attached hydrogens (primary N) is 1. The fourth-order valence-corrected chi connectivity index (χ4v) is 1.70. The van der Waals surface area contributed by atoms with E-state index in [0.29, 0.717) is 10.8 Å². The zero-order chi connectivity index (χ0) is 12.4. The second-order valence-electron chi connectivity index (χ2n) is 2.92. The van der Waals surface area contributed by atoms with Gasteiger partial charge in [0.05, 0.1) is 5.02 Å². The highest BCUT2D eigenvalue weighted by molar-refractivity contribution is 9.10. The van der Waals surface area contributed by atoms with Gasteiger partial charge in [0.1, 0.15) is 0 Å². The normalized spacial score (nSPS) is 10.3. The van der Waals surface area contributed by atoms with E-state index in [1.807, 2.05) is 0 Å². The summed E-state index contributed by atoms with van der Waals surface area (Å²) in [6.07, 6.45) is 0. The molecule has 2 aromatic rings. The molecule has 0 aliphatic heterocycles. The molecule has 8 heteroatoms. The Balaban J connectivity index is 2.34. The van der Waals surface area contributed by atoms with E-state index in [-0.39, 0.29) is 17.2 Å². The molecule has 1 aromatic heterocycles. The highest BCUT2D eigenvalue weighted by Crippen LogP contribution is 2.30. The number of nitrogen functional groups attached to an aromatic ring is 1. The van der Waals surface area contributed by atoms with Crippen molar-refractivity contribution in [3.8, 4) is 11.8 Å². The van der Waals surface area contributed by atoms with Crippen molar-refractivity contribution in [2.45, 2.75) is 0 Å². The number of halogens is 3. The molecule has 0 fully saturated rings. The molecular weight excluding hydrogens is 331 g/mol. The van der Waals surface area contributed by atoms with Crippen LogP contribution >= 0.6 is 39.1 Å². The van der Waals surface area contributed by atoms with E-state index in [1.165, 1.54) is 0 Å². The number of hydrogen-bond acceptors (Lipinski definition) is 5. The van der Waals surface area contributed by atoms with Crippen LogP contribution in [0.4, 0.5) is 5.95 Å². The van der Waals surface area contributed by atoms with E-state index in [4.69, 9.17) is 33.7 Å². The van der Waals surface area contributed by atoms with E-state index in [9.17, 15) is 0 Å². The summed E-state index contributed by atoms with van der Waals surface area (Å²) in [7, 11) is 0. The Bertz CT molecular complexity index is 546.